The number of urea groups is 1. The van der Waals surface area contributed by atoms with Crippen molar-refractivity contribution >= 4 is 6.03 Å². The third kappa shape index (κ3) is 8.33. The first-order chi connectivity index (χ1) is 25.6. The van der Waals surface area contributed by atoms with Gasteiger partial charge in [0, 0.05) is 25.2 Å². The fourth-order valence-electron chi connectivity index (χ4n) is 7.36. The van der Waals surface area contributed by atoms with E-state index in [1.807, 2.05) is 84.3 Å². The molecule has 2 aliphatic heterocycles. The summed E-state index contributed by atoms with van der Waals surface area (Å²) in [5, 5.41) is 19.5. The van der Waals surface area contributed by atoms with E-state index in [2.05, 4.69) is 12.1 Å². The van der Waals surface area contributed by atoms with Gasteiger partial charge in [-0.15, -0.1) is 0 Å². The Balaban J connectivity index is 1.54. The summed E-state index contributed by atoms with van der Waals surface area (Å²) in [7, 11) is 6.41. The fourth-order valence-corrected chi connectivity index (χ4v) is 7.36. The Kier molecular flexibility index (Phi) is 11.1. The number of hydrogen-bond donors (Lipinski definition) is 0. The van der Waals surface area contributed by atoms with Crippen molar-refractivity contribution in [1.29, 1.82) is 10.5 Å². The molecule has 0 spiro atoms. The maximum atomic E-state index is 15.5. The average molecular weight is 717 g/mol. The summed E-state index contributed by atoms with van der Waals surface area (Å²) >= 11 is 0. The van der Waals surface area contributed by atoms with Crippen molar-refractivity contribution in [2.24, 2.45) is 0 Å². The zero-order valence-corrected chi connectivity index (χ0v) is 30.9. The Morgan fingerprint density at radius 2 is 0.981 bits per heavy atom. The normalized spacial score (nSPS) is 20.5. The molecule has 6 rings (SSSR count). The molecule has 0 aliphatic carbocycles. The molecule has 2 amide bonds. The summed E-state index contributed by atoms with van der Waals surface area (Å²) in [6, 6.07) is 29.1. The Labute approximate surface area is 310 Å². The maximum Gasteiger partial charge on any atom is 0.321 e. The summed E-state index contributed by atoms with van der Waals surface area (Å²) in [5.41, 5.74) is 4.34. The molecule has 0 N–H and O–H groups in total. The molecule has 2 heterocycles. The molecule has 0 aromatic heterocycles. The van der Waals surface area contributed by atoms with Crippen LogP contribution in [-0.2, 0) is 35.4 Å². The van der Waals surface area contributed by atoms with Crippen molar-refractivity contribution in [2.75, 3.05) is 28.4 Å². The minimum atomic E-state index is -0.983. The van der Waals surface area contributed by atoms with E-state index in [1.165, 1.54) is 0 Å². The minimum Gasteiger partial charge on any atom is -0.497 e. The molecule has 0 unspecified atom stereocenters. The van der Waals surface area contributed by atoms with Crippen LogP contribution in [0.25, 0.3) is 0 Å². The van der Waals surface area contributed by atoms with Gasteiger partial charge >= 0.3 is 6.03 Å². The lowest BCUT2D eigenvalue weighted by molar-refractivity contribution is -0.157. The zero-order chi connectivity index (χ0) is 37.7. The monoisotopic (exact) mass is 716 g/mol. The largest absolute Gasteiger partial charge is 0.497 e. The SMILES string of the molecule is COc1cc(C[C@@H]2[C@@H]3OC(C)(C)O[C@H]3[C@@H](Cc3cc(OC)cc(OC)c3)N(Cc3cccc(C#N)c3)C(=O)N2Cc2cccc(C#N)c2)cc(OC)c1. The lowest BCUT2D eigenvalue weighted by Crippen LogP contribution is -2.51. The summed E-state index contributed by atoms with van der Waals surface area (Å²) in [5.74, 6) is 1.51. The number of carbonyl (C=O) groups is 1. The summed E-state index contributed by atoms with van der Waals surface area (Å²) in [6.07, 6.45) is -0.401. The van der Waals surface area contributed by atoms with Crippen LogP contribution >= 0.6 is 0 Å². The topological polar surface area (TPSA) is 127 Å². The van der Waals surface area contributed by atoms with Gasteiger partial charge in [-0.05, 0) is 97.5 Å². The van der Waals surface area contributed by atoms with E-state index in [9.17, 15) is 10.5 Å². The number of benzene rings is 4. The number of nitrogens with zero attached hydrogens (tertiary/aromatic N) is 4. The average Bonchev–Trinajstić information content (AvgIpc) is 3.48. The van der Waals surface area contributed by atoms with Crippen LogP contribution < -0.4 is 18.9 Å². The predicted octanol–water partition coefficient (Wildman–Crippen LogP) is 6.64. The lowest BCUT2D eigenvalue weighted by atomic mass is 9.90. The van der Waals surface area contributed by atoms with E-state index in [1.54, 1.807) is 52.7 Å². The van der Waals surface area contributed by atoms with Gasteiger partial charge in [0.2, 0.25) is 0 Å². The first-order valence-corrected chi connectivity index (χ1v) is 17.4. The molecule has 2 fully saturated rings. The maximum absolute atomic E-state index is 15.5. The van der Waals surface area contributed by atoms with Gasteiger partial charge in [-0.25, -0.2) is 4.79 Å². The second-order valence-electron chi connectivity index (χ2n) is 13.7. The van der Waals surface area contributed by atoms with E-state index in [0.717, 1.165) is 22.3 Å². The number of fused-ring (bicyclic) bond motifs is 1. The Morgan fingerprint density at radius 3 is 1.32 bits per heavy atom. The van der Waals surface area contributed by atoms with Gasteiger partial charge in [0.1, 0.15) is 35.2 Å². The number of rotatable bonds is 12. The highest BCUT2D eigenvalue weighted by Crippen LogP contribution is 2.41. The number of hydrogen-bond acceptors (Lipinski definition) is 9. The first-order valence-electron chi connectivity index (χ1n) is 17.4. The molecule has 4 aromatic rings. The standard InChI is InChI=1S/C42H44N4O7/c1-42(2)52-39-37(19-31-15-33(48-3)21-34(16-31)49-4)45(25-29-11-7-9-27(13-29)23-43)41(47)46(26-30-12-8-10-28(14-30)24-44)38(40(39)53-42)20-32-17-35(50-5)22-36(18-32)51-6/h7-18,21-22,37-40H,19-20,25-26H2,1-6H3/t37-,38-,39+,40+/m1/s1. The van der Waals surface area contributed by atoms with E-state index in [0.29, 0.717) is 47.0 Å². The number of methoxy groups -OCH3 is 4. The van der Waals surface area contributed by atoms with Gasteiger partial charge in [0.15, 0.2) is 5.79 Å². The first kappa shape index (κ1) is 37.0. The predicted molar refractivity (Wildman–Crippen MR) is 197 cm³/mol. The molecular weight excluding hydrogens is 672 g/mol. The van der Waals surface area contributed by atoms with Gasteiger partial charge in [-0.1, -0.05) is 24.3 Å². The third-order valence-corrected chi connectivity index (χ3v) is 9.74. The number of ether oxygens (including phenoxy) is 6. The Bertz CT molecular complexity index is 1850. The highest BCUT2D eigenvalue weighted by atomic mass is 16.8. The second kappa shape index (κ2) is 15.9. The van der Waals surface area contributed by atoms with E-state index in [4.69, 9.17) is 28.4 Å². The van der Waals surface area contributed by atoms with Gasteiger partial charge < -0.3 is 38.2 Å². The summed E-state index contributed by atoms with van der Waals surface area (Å²) < 4.78 is 36.2. The molecule has 4 aromatic carbocycles. The van der Waals surface area contributed by atoms with Crippen molar-refractivity contribution in [1.82, 2.24) is 9.80 Å². The van der Waals surface area contributed by atoms with E-state index >= 15 is 4.79 Å². The van der Waals surface area contributed by atoms with Crippen LogP contribution in [0.5, 0.6) is 23.0 Å². The molecule has 2 saturated heterocycles. The molecule has 0 saturated carbocycles. The van der Waals surface area contributed by atoms with Gasteiger partial charge in [-0.2, -0.15) is 10.5 Å². The van der Waals surface area contributed by atoms with Crippen molar-refractivity contribution in [3.8, 4) is 35.1 Å². The van der Waals surface area contributed by atoms with Crippen LogP contribution in [0.3, 0.4) is 0 Å². The molecule has 11 heteroatoms. The van der Waals surface area contributed by atoms with Crippen molar-refractivity contribution in [3.63, 3.8) is 0 Å². The van der Waals surface area contributed by atoms with Crippen molar-refractivity contribution < 1.29 is 33.2 Å². The lowest BCUT2D eigenvalue weighted by Gasteiger charge is -2.37. The highest BCUT2D eigenvalue weighted by Gasteiger charge is 2.55. The van der Waals surface area contributed by atoms with Crippen molar-refractivity contribution in [3.05, 3.63) is 118 Å². The number of nitriles is 2. The van der Waals surface area contributed by atoms with Crippen LogP contribution in [-0.4, -0.2) is 74.3 Å². The molecule has 0 radical (unpaired) electrons. The van der Waals surface area contributed by atoms with E-state index < -0.39 is 30.1 Å². The molecule has 0 bridgehead atoms. The fraction of sp³-hybridized carbons (Fsp3) is 0.357. The van der Waals surface area contributed by atoms with Crippen molar-refractivity contribution in [2.45, 2.75) is 69.9 Å². The van der Waals surface area contributed by atoms with Crippen LogP contribution in [0.1, 0.15) is 47.2 Å². The smallest absolute Gasteiger partial charge is 0.321 e. The van der Waals surface area contributed by atoms with Gasteiger partial charge in [-0.3, -0.25) is 0 Å². The van der Waals surface area contributed by atoms with Gasteiger partial charge in [0.25, 0.3) is 0 Å². The highest BCUT2D eigenvalue weighted by molar-refractivity contribution is 5.76. The third-order valence-electron chi connectivity index (χ3n) is 9.74. The van der Waals surface area contributed by atoms with Gasteiger partial charge in [0.05, 0.1) is 63.8 Å². The van der Waals surface area contributed by atoms with Crippen LogP contribution in [0, 0.1) is 22.7 Å². The molecule has 53 heavy (non-hydrogen) atoms. The Morgan fingerprint density at radius 1 is 0.604 bits per heavy atom. The molecule has 2 aliphatic rings. The van der Waals surface area contributed by atoms with Crippen LogP contribution in [0.2, 0.25) is 0 Å². The summed E-state index contributed by atoms with van der Waals surface area (Å²) in [6.45, 7) is 4.17. The number of amides is 2. The van der Waals surface area contributed by atoms with E-state index in [-0.39, 0.29) is 19.1 Å². The second-order valence-corrected chi connectivity index (χ2v) is 13.7. The van der Waals surface area contributed by atoms with Crippen LogP contribution in [0.15, 0.2) is 84.9 Å². The molecule has 11 nitrogen and oxygen atoms in total. The zero-order valence-electron chi connectivity index (χ0n) is 30.9. The molecule has 274 valence electrons. The Hall–Kier alpha value is -5.75. The summed E-state index contributed by atoms with van der Waals surface area (Å²) in [4.78, 5) is 19.1. The minimum absolute atomic E-state index is 0.196. The molecule has 4 atom stereocenters. The quantitative estimate of drug-likeness (QED) is 0.159. The van der Waals surface area contributed by atoms with Crippen LogP contribution in [0.4, 0.5) is 4.79 Å². The number of carbonyl (C=O) groups excluding carboxylic acids is 1. The molecular formula is C42H44N4O7.